The molecule has 0 aliphatic heterocycles. The average Bonchev–Trinajstić information content (AvgIpc) is 2.41. The van der Waals surface area contributed by atoms with Gasteiger partial charge in [-0.3, -0.25) is 0 Å². The van der Waals surface area contributed by atoms with Gasteiger partial charge in [-0.25, -0.2) is 0 Å². The summed E-state index contributed by atoms with van der Waals surface area (Å²) in [5.41, 5.74) is 0. The SMILES string of the molecule is CCCCCCC(I)=CC(F)(F)C(F)(F)C(F)(F)C(F)(F)C(F)(F)F. The van der Waals surface area contributed by atoms with Gasteiger partial charge in [0.2, 0.25) is 0 Å². The third-order valence-corrected chi connectivity index (χ3v) is 4.02. The molecule has 0 saturated carbocycles. The summed E-state index contributed by atoms with van der Waals surface area (Å²) in [4.78, 5) is 0. The second-order valence-electron chi connectivity index (χ2n) is 5.25. The number of hydrogen-bond acceptors (Lipinski definition) is 0. The summed E-state index contributed by atoms with van der Waals surface area (Å²) >= 11 is 1.12. The number of hydrogen-bond donors (Lipinski definition) is 0. The van der Waals surface area contributed by atoms with Crippen molar-refractivity contribution in [3.8, 4) is 0 Å². The number of rotatable bonds is 9. The molecule has 25 heavy (non-hydrogen) atoms. The van der Waals surface area contributed by atoms with Crippen LogP contribution in [0, 0.1) is 0 Å². The van der Waals surface area contributed by atoms with E-state index in [-0.39, 0.29) is 12.8 Å². The summed E-state index contributed by atoms with van der Waals surface area (Å²) in [6.07, 6.45) is -5.86. The highest BCUT2D eigenvalue weighted by molar-refractivity contribution is 14.1. The van der Waals surface area contributed by atoms with Gasteiger partial charge in [0.25, 0.3) is 0 Å². The maximum Gasteiger partial charge on any atom is 0.460 e. The number of halogens is 12. The second kappa shape index (κ2) is 8.15. The average molecular weight is 506 g/mol. The zero-order chi connectivity index (χ0) is 20.3. The molecule has 0 nitrogen and oxygen atoms in total. The Labute approximate surface area is 150 Å². The van der Waals surface area contributed by atoms with Crippen LogP contribution in [0.15, 0.2) is 9.66 Å². The summed E-state index contributed by atoms with van der Waals surface area (Å²) in [5.74, 6) is -27.6. The molecule has 0 saturated heterocycles. The highest BCUT2D eigenvalue weighted by atomic mass is 127. The molecule has 0 aromatic rings. The highest BCUT2D eigenvalue weighted by Crippen LogP contribution is 2.57. The van der Waals surface area contributed by atoms with E-state index < -0.39 is 39.5 Å². The van der Waals surface area contributed by atoms with Gasteiger partial charge in [0.1, 0.15) is 0 Å². The lowest BCUT2D eigenvalue weighted by Gasteiger charge is -2.36. The van der Waals surface area contributed by atoms with Crippen molar-refractivity contribution in [2.45, 2.75) is 68.9 Å². The van der Waals surface area contributed by atoms with E-state index in [1.807, 2.05) is 6.92 Å². The first kappa shape index (κ1) is 24.7. The molecule has 0 aliphatic rings. The number of allylic oxidation sites excluding steroid dienone is 2. The minimum atomic E-state index is -7.35. The Morgan fingerprint density at radius 3 is 1.60 bits per heavy atom. The molecule has 0 spiro atoms. The smallest absolute Gasteiger partial charge is 0.195 e. The molecule has 0 amide bonds. The molecule has 0 unspecified atom stereocenters. The monoisotopic (exact) mass is 506 g/mol. The Bertz CT molecular complexity index is 465. The normalized spacial score (nSPS) is 15.6. The van der Waals surface area contributed by atoms with Crippen LogP contribution in [0.25, 0.3) is 0 Å². The van der Waals surface area contributed by atoms with Crippen molar-refractivity contribution >= 4 is 22.6 Å². The molecular weight excluding hydrogens is 492 g/mol. The van der Waals surface area contributed by atoms with E-state index in [1.54, 1.807) is 0 Å². The zero-order valence-corrected chi connectivity index (χ0v) is 14.8. The first-order valence-electron chi connectivity index (χ1n) is 6.91. The molecule has 0 N–H and O–H groups in total. The molecule has 0 fully saturated rings. The van der Waals surface area contributed by atoms with Crippen LogP contribution >= 0.6 is 22.6 Å². The maximum absolute atomic E-state index is 13.4. The van der Waals surface area contributed by atoms with Gasteiger partial charge in [-0.1, -0.05) is 26.2 Å². The van der Waals surface area contributed by atoms with Gasteiger partial charge in [-0.05, 0) is 39.0 Å². The maximum atomic E-state index is 13.4. The van der Waals surface area contributed by atoms with Crippen molar-refractivity contribution in [2.24, 2.45) is 0 Å². The van der Waals surface area contributed by atoms with Crippen molar-refractivity contribution in [2.75, 3.05) is 0 Å². The van der Waals surface area contributed by atoms with Crippen LogP contribution in [0.4, 0.5) is 48.3 Å². The van der Waals surface area contributed by atoms with Crippen LogP contribution in [0.2, 0.25) is 0 Å². The van der Waals surface area contributed by atoms with Crippen molar-refractivity contribution in [3.63, 3.8) is 0 Å². The molecule has 0 bridgehead atoms. The van der Waals surface area contributed by atoms with Crippen molar-refractivity contribution in [3.05, 3.63) is 9.66 Å². The lowest BCUT2D eigenvalue weighted by molar-refractivity contribution is -0.416. The van der Waals surface area contributed by atoms with Crippen molar-refractivity contribution < 1.29 is 48.3 Å². The highest BCUT2D eigenvalue weighted by Gasteiger charge is 2.86. The molecule has 0 rings (SSSR count). The van der Waals surface area contributed by atoms with E-state index in [0.29, 0.717) is 12.8 Å². The Morgan fingerprint density at radius 1 is 0.720 bits per heavy atom. The largest absolute Gasteiger partial charge is 0.460 e. The van der Waals surface area contributed by atoms with Crippen LogP contribution in [-0.2, 0) is 0 Å². The number of alkyl halides is 11. The zero-order valence-electron chi connectivity index (χ0n) is 12.6. The van der Waals surface area contributed by atoms with E-state index >= 15 is 0 Å². The molecule has 0 radical (unpaired) electrons. The van der Waals surface area contributed by atoms with E-state index in [9.17, 15) is 48.3 Å². The number of unbranched alkanes of at least 4 members (excludes halogenated alkanes) is 3. The van der Waals surface area contributed by atoms with Gasteiger partial charge in [0.15, 0.2) is 0 Å². The van der Waals surface area contributed by atoms with E-state index in [2.05, 4.69) is 0 Å². The van der Waals surface area contributed by atoms with Gasteiger partial charge in [0, 0.05) is 6.08 Å². The lowest BCUT2D eigenvalue weighted by Crippen LogP contribution is -2.66. The quantitative estimate of drug-likeness (QED) is 0.174. The lowest BCUT2D eigenvalue weighted by atomic mass is 9.97. The predicted octanol–water partition coefficient (Wildman–Crippen LogP) is 7.38. The minimum Gasteiger partial charge on any atom is -0.195 e. The fraction of sp³-hybridized carbons (Fsp3) is 0.846. The van der Waals surface area contributed by atoms with Crippen LogP contribution in [0.3, 0.4) is 0 Å². The van der Waals surface area contributed by atoms with Crippen LogP contribution in [0.1, 0.15) is 39.0 Å². The fourth-order valence-electron chi connectivity index (χ4n) is 1.66. The summed E-state index contributed by atoms with van der Waals surface area (Å²) in [6.45, 7) is 1.82. The predicted molar refractivity (Wildman–Crippen MR) is 76.7 cm³/mol. The van der Waals surface area contributed by atoms with Gasteiger partial charge in [-0.15, -0.1) is 0 Å². The standard InChI is InChI=1S/C13H14F11I/c1-2-3-4-5-6-8(25)7-9(14,15)10(16,17)11(18,19)12(20,21)13(22,23)24/h7H,2-6H2,1H3. The van der Waals surface area contributed by atoms with Gasteiger partial charge >= 0.3 is 29.9 Å². The van der Waals surface area contributed by atoms with Gasteiger partial charge < -0.3 is 0 Å². The fourth-order valence-corrected chi connectivity index (χ4v) is 2.44. The molecular formula is C13H14F11I. The van der Waals surface area contributed by atoms with E-state index in [4.69, 9.17) is 0 Å². The third kappa shape index (κ3) is 5.12. The second-order valence-corrected chi connectivity index (χ2v) is 6.63. The Kier molecular flexibility index (Phi) is 8.06. The van der Waals surface area contributed by atoms with Gasteiger partial charge in [-0.2, -0.15) is 48.3 Å². The van der Waals surface area contributed by atoms with Crippen LogP contribution in [0.5, 0.6) is 0 Å². The van der Waals surface area contributed by atoms with E-state index in [1.165, 1.54) is 0 Å². The third-order valence-electron chi connectivity index (χ3n) is 3.17. The summed E-state index contributed by atoms with van der Waals surface area (Å²) < 4.78 is 140. The van der Waals surface area contributed by atoms with Crippen LogP contribution in [-0.4, -0.2) is 29.9 Å². The molecule has 0 aliphatic carbocycles. The van der Waals surface area contributed by atoms with E-state index in [0.717, 1.165) is 29.0 Å². The molecule has 0 aromatic heterocycles. The van der Waals surface area contributed by atoms with Gasteiger partial charge in [0.05, 0.1) is 0 Å². The van der Waals surface area contributed by atoms with Crippen LogP contribution < -0.4 is 0 Å². The molecule has 12 heteroatoms. The first-order valence-corrected chi connectivity index (χ1v) is 7.98. The Hall–Kier alpha value is -0.300. The summed E-state index contributed by atoms with van der Waals surface area (Å²) in [6, 6.07) is 0. The summed E-state index contributed by atoms with van der Waals surface area (Å²) in [5, 5.41) is 0. The molecule has 150 valence electrons. The summed E-state index contributed by atoms with van der Waals surface area (Å²) in [7, 11) is 0. The Morgan fingerprint density at radius 2 is 1.20 bits per heavy atom. The first-order chi connectivity index (χ1) is 11.0. The topological polar surface area (TPSA) is 0 Å². The molecule has 0 aromatic carbocycles. The molecule has 0 heterocycles. The van der Waals surface area contributed by atoms with Crippen molar-refractivity contribution in [1.82, 2.24) is 0 Å². The Balaban J connectivity index is 5.58. The minimum absolute atomic E-state index is 0.229. The van der Waals surface area contributed by atoms with Crippen molar-refractivity contribution in [1.29, 1.82) is 0 Å². The molecule has 0 atom stereocenters.